The zero-order chi connectivity index (χ0) is 21.3. The first kappa shape index (κ1) is 19.8. The van der Waals surface area contributed by atoms with Gasteiger partial charge in [-0.2, -0.15) is 5.10 Å². The largest absolute Gasteiger partial charge is 0.339 e. The Hall–Kier alpha value is -3.47. The summed E-state index contributed by atoms with van der Waals surface area (Å²) in [6.45, 7) is 4.12. The van der Waals surface area contributed by atoms with Crippen LogP contribution in [-0.2, 0) is 13.5 Å². The van der Waals surface area contributed by atoms with Gasteiger partial charge >= 0.3 is 0 Å². The molecule has 0 bridgehead atoms. The summed E-state index contributed by atoms with van der Waals surface area (Å²) in [6.07, 6.45) is 4.32. The Morgan fingerprint density at radius 1 is 1.03 bits per heavy atom. The third kappa shape index (κ3) is 3.59. The number of pyridine rings is 1. The molecule has 4 aromatic rings. The highest BCUT2D eigenvalue weighted by Crippen LogP contribution is 2.31. The summed E-state index contributed by atoms with van der Waals surface area (Å²) in [5.74, 6) is 0.0174. The summed E-state index contributed by atoms with van der Waals surface area (Å²) in [4.78, 5) is 19.7. The molecule has 4 rings (SSSR count). The van der Waals surface area contributed by atoms with Crippen molar-refractivity contribution in [2.24, 2.45) is 7.05 Å². The van der Waals surface area contributed by atoms with E-state index in [1.807, 2.05) is 72.3 Å². The van der Waals surface area contributed by atoms with Gasteiger partial charge < -0.3 is 4.90 Å². The van der Waals surface area contributed by atoms with E-state index in [-0.39, 0.29) is 11.9 Å². The van der Waals surface area contributed by atoms with E-state index >= 15 is 0 Å². The number of hydrogen-bond donors (Lipinski definition) is 0. The van der Waals surface area contributed by atoms with Crippen LogP contribution in [0.25, 0.3) is 22.0 Å². The lowest BCUT2D eigenvalue weighted by Crippen LogP contribution is -2.36. The van der Waals surface area contributed by atoms with Crippen molar-refractivity contribution in [3.05, 3.63) is 83.8 Å². The van der Waals surface area contributed by atoms with Gasteiger partial charge in [-0.15, -0.1) is 0 Å². The molecule has 30 heavy (non-hydrogen) atoms. The number of fused-ring (bicyclic) bond motifs is 1. The number of carbonyl (C=O) groups is 1. The Kier molecular flexibility index (Phi) is 5.36. The average Bonchev–Trinajstić information content (AvgIpc) is 3.19. The molecule has 0 aliphatic carbocycles. The van der Waals surface area contributed by atoms with Gasteiger partial charge in [-0.3, -0.25) is 14.5 Å². The van der Waals surface area contributed by atoms with Crippen LogP contribution in [0.2, 0.25) is 0 Å². The monoisotopic (exact) mass is 398 g/mol. The molecule has 0 aliphatic rings. The number of nitrogens with zero attached hydrogens (tertiary/aromatic N) is 4. The van der Waals surface area contributed by atoms with E-state index in [1.165, 1.54) is 0 Å². The quantitative estimate of drug-likeness (QED) is 0.492. The maximum Gasteiger partial charge on any atom is 0.254 e. The van der Waals surface area contributed by atoms with Gasteiger partial charge in [-0.05, 0) is 48.4 Å². The van der Waals surface area contributed by atoms with Crippen LogP contribution in [0, 0.1) is 6.92 Å². The number of rotatable bonds is 5. The number of aryl methyl sites for hydroxylation is 2. The Bertz CT molecular complexity index is 1210. The highest BCUT2D eigenvalue weighted by atomic mass is 16.2. The fourth-order valence-electron chi connectivity index (χ4n) is 3.89. The van der Waals surface area contributed by atoms with Crippen molar-refractivity contribution >= 4 is 16.7 Å². The number of benzene rings is 2. The van der Waals surface area contributed by atoms with E-state index in [4.69, 9.17) is 0 Å². The summed E-state index contributed by atoms with van der Waals surface area (Å²) in [7, 11) is 3.80. The minimum Gasteiger partial charge on any atom is -0.339 e. The van der Waals surface area contributed by atoms with Crippen LogP contribution in [0.3, 0.4) is 0 Å². The molecular weight excluding hydrogens is 372 g/mol. The predicted octanol–water partition coefficient (Wildman–Crippen LogP) is 4.65. The van der Waals surface area contributed by atoms with Crippen molar-refractivity contribution in [2.45, 2.75) is 26.3 Å². The van der Waals surface area contributed by atoms with Crippen LogP contribution in [0.15, 0.2) is 67.0 Å². The molecule has 1 unspecified atom stereocenters. The molecule has 5 heteroatoms. The predicted molar refractivity (Wildman–Crippen MR) is 120 cm³/mol. The second-order valence-electron chi connectivity index (χ2n) is 7.78. The van der Waals surface area contributed by atoms with Crippen molar-refractivity contribution in [1.82, 2.24) is 19.7 Å². The maximum absolute atomic E-state index is 13.4. The summed E-state index contributed by atoms with van der Waals surface area (Å²) in [5, 5.41) is 6.29. The van der Waals surface area contributed by atoms with Crippen LogP contribution in [0.1, 0.15) is 28.5 Å². The lowest BCUT2D eigenvalue weighted by molar-refractivity contribution is 0.0745. The topological polar surface area (TPSA) is 51.0 Å². The third-order valence-electron chi connectivity index (χ3n) is 5.84. The highest BCUT2D eigenvalue weighted by molar-refractivity contribution is 6.10. The Balaban J connectivity index is 1.68. The standard InChI is InChI=1S/C25H26N4O/c1-17-8-7-14-26-23(17)16-18(2)28(3)25(30)22-12-11-21(24-13-15-27-29(24)4)19-9-5-6-10-20(19)22/h5-15,18H,16H2,1-4H3. The first-order valence-electron chi connectivity index (χ1n) is 10.1. The molecular formula is C25H26N4O. The highest BCUT2D eigenvalue weighted by Gasteiger charge is 2.22. The van der Waals surface area contributed by atoms with E-state index in [2.05, 4.69) is 36.1 Å². The summed E-state index contributed by atoms with van der Waals surface area (Å²) in [6, 6.07) is 18.0. The summed E-state index contributed by atoms with van der Waals surface area (Å²) in [5.41, 5.74) is 4.99. The number of likely N-dealkylation sites (N-methyl/N-ethyl adjacent to an activating group) is 1. The van der Waals surface area contributed by atoms with Crippen LogP contribution in [0.5, 0.6) is 0 Å². The van der Waals surface area contributed by atoms with Gasteiger partial charge in [0.2, 0.25) is 0 Å². The molecule has 5 nitrogen and oxygen atoms in total. The first-order chi connectivity index (χ1) is 14.5. The molecule has 0 saturated heterocycles. The molecule has 0 saturated carbocycles. The van der Waals surface area contributed by atoms with Crippen molar-refractivity contribution in [1.29, 1.82) is 0 Å². The van der Waals surface area contributed by atoms with Crippen LogP contribution < -0.4 is 0 Å². The third-order valence-corrected chi connectivity index (χ3v) is 5.84. The molecule has 2 aromatic carbocycles. The fraction of sp³-hybridized carbons (Fsp3) is 0.240. The van der Waals surface area contributed by atoms with Gasteiger partial charge in [0.15, 0.2) is 0 Å². The summed E-state index contributed by atoms with van der Waals surface area (Å²) >= 11 is 0. The van der Waals surface area contributed by atoms with Crippen LogP contribution in [0.4, 0.5) is 0 Å². The Morgan fingerprint density at radius 3 is 2.50 bits per heavy atom. The van der Waals surface area contributed by atoms with Crippen molar-refractivity contribution in [2.75, 3.05) is 7.05 Å². The molecule has 0 aliphatic heterocycles. The minimum atomic E-state index is 0.0174. The summed E-state index contributed by atoms with van der Waals surface area (Å²) < 4.78 is 1.85. The Labute approximate surface area is 177 Å². The van der Waals surface area contributed by atoms with Gasteiger partial charge in [-0.25, -0.2) is 0 Å². The molecule has 152 valence electrons. The average molecular weight is 399 g/mol. The molecule has 1 atom stereocenters. The van der Waals surface area contributed by atoms with Gasteiger partial charge in [0.25, 0.3) is 5.91 Å². The van der Waals surface area contributed by atoms with Crippen molar-refractivity contribution in [3.63, 3.8) is 0 Å². The Morgan fingerprint density at radius 2 is 1.80 bits per heavy atom. The van der Waals surface area contributed by atoms with Gasteiger partial charge in [0.1, 0.15) is 0 Å². The number of carbonyl (C=O) groups excluding carboxylic acids is 1. The van der Waals surface area contributed by atoms with Crippen molar-refractivity contribution in [3.8, 4) is 11.3 Å². The van der Waals surface area contributed by atoms with Gasteiger partial charge in [0.05, 0.1) is 5.69 Å². The van der Waals surface area contributed by atoms with E-state index < -0.39 is 0 Å². The van der Waals surface area contributed by atoms with Gasteiger partial charge in [-0.1, -0.05) is 36.4 Å². The normalized spacial score (nSPS) is 12.1. The maximum atomic E-state index is 13.4. The smallest absolute Gasteiger partial charge is 0.254 e. The zero-order valence-corrected chi connectivity index (χ0v) is 17.8. The van der Waals surface area contributed by atoms with Crippen LogP contribution in [-0.4, -0.2) is 38.7 Å². The molecule has 0 fully saturated rings. The lowest BCUT2D eigenvalue weighted by atomic mass is 9.96. The molecule has 2 heterocycles. The molecule has 0 radical (unpaired) electrons. The zero-order valence-electron chi connectivity index (χ0n) is 17.8. The lowest BCUT2D eigenvalue weighted by Gasteiger charge is -2.26. The number of aromatic nitrogens is 3. The van der Waals surface area contributed by atoms with E-state index in [0.717, 1.165) is 39.7 Å². The van der Waals surface area contributed by atoms with E-state index in [9.17, 15) is 4.79 Å². The van der Waals surface area contributed by atoms with E-state index in [0.29, 0.717) is 5.56 Å². The second-order valence-corrected chi connectivity index (χ2v) is 7.78. The fourth-order valence-corrected chi connectivity index (χ4v) is 3.89. The van der Waals surface area contributed by atoms with Crippen LogP contribution >= 0.6 is 0 Å². The SMILES string of the molecule is Cc1cccnc1CC(C)N(C)C(=O)c1ccc(-c2ccnn2C)c2ccccc12. The van der Waals surface area contributed by atoms with Crippen molar-refractivity contribution < 1.29 is 4.79 Å². The molecule has 1 amide bonds. The second kappa shape index (κ2) is 8.11. The first-order valence-corrected chi connectivity index (χ1v) is 10.1. The van der Waals surface area contributed by atoms with Gasteiger partial charge in [0, 0.05) is 55.8 Å². The number of hydrogen-bond acceptors (Lipinski definition) is 3. The molecule has 0 N–H and O–H groups in total. The van der Waals surface area contributed by atoms with E-state index in [1.54, 1.807) is 6.20 Å². The molecule has 0 spiro atoms. The minimum absolute atomic E-state index is 0.0174. The number of amides is 1. The molecule has 2 aromatic heterocycles.